The molecule has 0 aromatic carbocycles. The number of hydrogen-bond donors (Lipinski definition) is 1. The molecule has 1 fully saturated rings. The Balaban J connectivity index is 2.01. The smallest absolute Gasteiger partial charge is 0.0424 e. The van der Waals surface area contributed by atoms with Crippen LogP contribution in [-0.2, 0) is 6.42 Å². The van der Waals surface area contributed by atoms with E-state index in [0.717, 1.165) is 12.1 Å². The van der Waals surface area contributed by atoms with Crippen LogP contribution in [0.15, 0.2) is 12.1 Å². The second-order valence-corrected chi connectivity index (χ2v) is 4.98. The second-order valence-electron chi connectivity index (χ2n) is 4.98. The molecule has 1 atom stereocenters. The molecule has 0 bridgehead atoms. The van der Waals surface area contributed by atoms with Crippen LogP contribution in [-0.4, -0.2) is 17.6 Å². The van der Waals surface area contributed by atoms with Crippen LogP contribution in [0.5, 0.6) is 0 Å². The monoisotopic (exact) mass is 218 g/mol. The maximum atomic E-state index is 4.62. The maximum absolute atomic E-state index is 4.62. The number of nitrogens with one attached hydrogen (secondary N) is 1. The lowest BCUT2D eigenvalue weighted by Crippen LogP contribution is -2.30. The Bertz CT molecular complexity index is 318. The van der Waals surface area contributed by atoms with Gasteiger partial charge in [0.15, 0.2) is 0 Å². The van der Waals surface area contributed by atoms with E-state index in [9.17, 15) is 0 Å². The Kier molecular flexibility index (Phi) is 3.94. The van der Waals surface area contributed by atoms with Crippen molar-refractivity contribution in [3.05, 3.63) is 29.1 Å². The third kappa shape index (κ3) is 3.31. The van der Waals surface area contributed by atoms with Gasteiger partial charge in [0.05, 0.1) is 0 Å². The fourth-order valence-electron chi connectivity index (χ4n) is 2.56. The molecule has 0 amide bonds. The molecule has 2 heterocycles. The van der Waals surface area contributed by atoms with Crippen molar-refractivity contribution in [2.24, 2.45) is 0 Å². The van der Waals surface area contributed by atoms with E-state index < -0.39 is 0 Å². The summed E-state index contributed by atoms with van der Waals surface area (Å²) in [6.07, 6.45) is 6.46. The average Bonchev–Trinajstić information content (AvgIpc) is 2.44. The zero-order chi connectivity index (χ0) is 11.4. The van der Waals surface area contributed by atoms with Crippen molar-refractivity contribution >= 4 is 0 Å². The number of aromatic nitrogens is 1. The summed E-state index contributed by atoms with van der Waals surface area (Å²) < 4.78 is 0. The summed E-state index contributed by atoms with van der Waals surface area (Å²) in [4.78, 5) is 4.62. The number of nitrogens with zero attached hydrogens (tertiary/aromatic N) is 1. The fraction of sp³-hybridized carbons (Fsp3) is 0.643. The molecule has 0 aliphatic carbocycles. The molecule has 1 N–H and O–H groups in total. The number of pyridine rings is 1. The molecule has 2 heteroatoms. The molecular formula is C14H22N2. The van der Waals surface area contributed by atoms with Gasteiger partial charge in [0.2, 0.25) is 0 Å². The summed E-state index contributed by atoms with van der Waals surface area (Å²) in [6, 6.07) is 5.00. The normalized spacial score (nSPS) is 21.8. The van der Waals surface area contributed by atoms with Crippen molar-refractivity contribution in [3.63, 3.8) is 0 Å². The fourth-order valence-corrected chi connectivity index (χ4v) is 2.56. The van der Waals surface area contributed by atoms with Crippen LogP contribution < -0.4 is 5.32 Å². The van der Waals surface area contributed by atoms with E-state index in [2.05, 4.69) is 36.3 Å². The Labute approximate surface area is 98.5 Å². The van der Waals surface area contributed by atoms with Gasteiger partial charge in [-0.2, -0.15) is 0 Å². The molecule has 1 aliphatic heterocycles. The van der Waals surface area contributed by atoms with Crippen molar-refractivity contribution in [1.29, 1.82) is 0 Å². The highest BCUT2D eigenvalue weighted by atomic mass is 14.9. The van der Waals surface area contributed by atoms with Crippen molar-refractivity contribution in [2.75, 3.05) is 6.54 Å². The Morgan fingerprint density at radius 2 is 2.12 bits per heavy atom. The first-order valence-corrected chi connectivity index (χ1v) is 6.41. The highest BCUT2D eigenvalue weighted by Crippen LogP contribution is 2.13. The lowest BCUT2D eigenvalue weighted by molar-refractivity contribution is 0.502. The van der Waals surface area contributed by atoms with Crippen LogP contribution in [0.2, 0.25) is 0 Å². The highest BCUT2D eigenvalue weighted by Gasteiger charge is 2.12. The molecule has 16 heavy (non-hydrogen) atoms. The lowest BCUT2D eigenvalue weighted by Gasteiger charge is -2.15. The molecule has 1 aliphatic rings. The molecule has 1 aromatic heterocycles. The van der Waals surface area contributed by atoms with Crippen molar-refractivity contribution in [1.82, 2.24) is 10.3 Å². The summed E-state index contributed by atoms with van der Waals surface area (Å²) in [6.45, 7) is 5.41. The molecule has 2 rings (SSSR count). The van der Waals surface area contributed by atoms with Crippen molar-refractivity contribution in [2.45, 2.75) is 52.0 Å². The minimum absolute atomic E-state index is 0.635. The zero-order valence-electron chi connectivity index (χ0n) is 10.4. The van der Waals surface area contributed by atoms with E-state index in [1.165, 1.54) is 43.5 Å². The van der Waals surface area contributed by atoms with Gasteiger partial charge < -0.3 is 5.32 Å². The molecule has 2 nitrogen and oxygen atoms in total. The Hall–Kier alpha value is -0.890. The Morgan fingerprint density at radius 3 is 2.94 bits per heavy atom. The minimum Gasteiger partial charge on any atom is -0.314 e. The summed E-state index contributed by atoms with van der Waals surface area (Å²) >= 11 is 0. The highest BCUT2D eigenvalue weighted by molar-refractivity contribution is 5.20. The van der Waals surface area contributed by atoms with Crippen LogP contribution in [0.1, 0.15) is 42.6 Å². The first-order chi connectivity index (χ1) is 7.74. The largest absolute Gasteiger partial charge is 0.314 e. The minimum atomic E-state index is 0.635. The predicted molar refractivity (Wildman–Crippen MR) is 67.7 cm³/mol. The average molecular weight is 218 g/mol. The standard InChI is InChI=1S/C14H22N2/c1-11-8-12(2)16-14(9-11)10-13-6-4-3-5-7-15-13/h8-9,13,15H,3-7,10H2,1-2H3. The van der Waals surface area contributed by atoms with Gasteiger partial charge >= 0.3 is 0 Å². The van der Waals surface area contributed by atoms with E-state index in [-0.39, 0.29) is 0 Å². The number of hydrogen-bond acceptors (Lipinski definition) is 2. The van der Waals surface area contributed by atoms with Crippen molar-refractivity contribution in [3.8, 4) is 0 Å². The molecule has 0 spiro atoms. The molecule has 1 saturated heterocycles. The van der Waals surface area contributed by atoms with E-state index >= 15 is 0 Å². The summed E-state index contributed by atoms with van der Waals surface area (Å²) in [5.74, 6) is 0. The van der Waals surface area contributed by atoms with Crippen molar-refractivity contribution < 1.29 is 0 Å². The van der Waals surface area contributed by atoms with E-state index in [1.54, 1.807) is 0 Å². The van der Waals surface area contributed by atoms with Crippen LogP contribution in [0.25, 0.3) is 0 Å². The third-order valence-electron chi connectivity index (χ3n) is 3.27. The maximum Gasteiger partial charge on any atom is 0.0424 e. The first kappa shape index (κ1) is 11.6. The van der Waals surface area contributed by atoms with Crippen LogP contribution >= 0.6 is 0 Å². The van der Waals surface area contributed by atoms with Crippen LogP contribution in [0, 0.1) is 13.8 Å². The molecule has 1 aromatic rings. The van der Waals surface area contributed by atoms with E-state index in [1.807, 2.05) is 0 Å². The SMILES string of the molecule is Cc1cc(C)nc(CC2CCCCCN2)c1. The quantitative estimate of drug-likeness (QED) is 0.825. The molecule has 1 unspecified atom stereocenters. The molecular weight excluding hydrogens is 196 g/mol. The predicted octanol–water partition coefficient (Wildman–Crippen LogP) is 2.77. The molecule has 0 radical (unpaired) electrons. The van der Waals surface area contributed by atoms with Gasteiger partial charge in [0.1, 0.15) is 0 Å². The van der Waals surface area contributed by atoms with Gasteiger partial charge in [0.25, 0.3) is 0 Å². The molecule has 0 saturated carbocycles. The third-order valence-corrected chi connectivity index (χ3v) is 3.27. The number of aryl methyl sites for hydroxylation is 2. The van der Waals surface area contributed by atoms with E-state index in [4.69, 9.17) is 0 Å². The van der Waals surface area contributed by atoms with Crippen LogP contribution in [0.3, 0.4) is 0 Å². The number of rotatable bonds is 2. The summed E-state index contributed by atoms with van der Waals surface area (Å²) in [5, 5.41) is 3.63. The first-order valence-electron chi connectivity index (χ1n) is 6.41. The van der Waals surface area contributed by atoms with Crippen LogP contribution in [0.4, 0.5) is 0 Å². The van der Waals surface area contributed by atoms with Gasteiger partial charge in [0, 0.05) is 23.9 Å². The summed E-state index contributed by atoms with van der Waals surface area (Å²) in [5.41, 5.74) is 3.72. The van der Waals surface area contributed by atoms with Gasteiger partial charge in [-0.05, 0) is 50.9 Å². The van der Waals surface area contributed by atoms with Gasteiger partial charge in [-0.1, -0.05) is 12.8 Å². The van der Waals surface area contributed by atoms with E-state index in [0.29, 0.717) is 6.04 Å². The second kappa shape index (κ2) is 5.44. The zero-order valence-corrected chi connectivity index (χ0v) is 10.4. The lowest BCUT2D eigenvalue weighted by atomic mass is 10.0. The summed E-state index contributed by atoms with van der Waals surface area (Å²) in [7, 11) is 0. The van der Waals surface area contributed by atoms with Gasteiger partial charge in [-0.25, -0.2) is 0 Å². The topological polar surface area (TPSA) is 24.9 Å². The van der Waals surface area contributed by atoms with Gasteiger partial charge in [-0.15, -0.1) is 0 Å². The molecule has 88 valence electrons. The van der Waals surface area contributed by atoms with Gasteiger partial charge in [-0.3, -0.25) is 4.98 Å². The Morgan fingerprint density at radius 1 is 1.25 bits per heavy atom.